The summed E-state index contributed by atoms with van der Waals surface area (Å²) >= 11 is 0. The number of nitrogen functional groups attached to an aromatic ring is 1. The van der Waals surface area contributed by atoms with Gasteiger partial charge in [-0.3, -0.25) is 0 Å². The summed E-state index contributed by atoms with van der Waals surface area (Å²) in [5.41, 5.74) is 5.33. The summed E-state index contributed by atoms with van der Waals surface area (Å²) < 4.78 is 4.90. The molecule has 0 bridgehead atoms. The van der Waals surface area contributed by atoms with E-state index in [-0.39, 0.29) is 0 Å². The molecule has 1 atom stereocenters. The zero-order valence-corrected chi connectivity index (χ0v) is 9.73. The zero-order chi connectivity index (χ0) is 12.0. The van der Waals surface area contributed by atoms with E-state index in [4.69, 9.17) is 10.5 Å². The fraction of sp³-hybridized carbons (Fsp3) is 0.545. The van der Waals surface area contributed by atoms with E-state index in [2.05, 4.69) is 10.3 Å². The summed E-state index contributed by atoms with van der Waals surface area (Å²) in [5, 5.41) is 13.3. The summed E-state index contributed by atoms with van der Waals surface area (Å²) in [7, 11) is 1.64. The van der Waals surface area contributed by atoms with Crippen molar-refractivity contribution in [1.29, 1.82) is 0 Å². The van der Waals surface area contributed by atoms with Crippen molar-refractivity contribution >= 4 is 5.82 Å². The van der Waals surface area contributed by atoms with Crippen molar-refractivity contribution in [2.24, 2.45) is 0 Å². The minimum absolute atomic E-state index is 0.362. The molecule has 0 saturated carbocycles. The van der Waals surface area contributed by atoms with Crippen LogP contribution in [0.5, 0.6) is 0 Å². The Hall–Kier alpha value is -1.17. The van der Waals surface area contributed by atoms with Gasteiger partial charge in [-0.2, -0.15) is 0 Å². The van der Waals surface area contributed by atoms with Gasteiger partial charge in [0, 0.05) is 32.0 Å². The van der Waals surface area contributed by atoms with Crippen LogP contribution in [0.1, 0.15) is 12.5 Å². The maximum atomic E-state index is 10.2. The van der Waals surface area contributed by atoms with E-state index in [0.29, 0.717) is 31.1 Å². The summed E-state index contributed by atoms with van der Waals surface area (Å²) in [6, 6.07) is 3.54. The molecule has 5 nitrogen and oxygen atoms in total. The largest absolute Gasteiger partial charge is 0.384 e. The second kappa shape index (κ2) is 5.79. The van der Waals surface area contributed by atoms with Crippen LogP contribution in [0.15, 0.2) is 18.3 Å². The Balaban J connectivity index is 2.59. The van der Waals surface area contributed by atoms with Crippen LogP contribution in [0.3, 0.4) is 0 Å². The van der Waals surface area contributed by atoms with Crippen molar-refractivity contribution < 1.29 is 9.84 Å². The normalized spacial score (nSPS) is 14.7. The molecule has 0 aliphatic heterocycles. The third-order valence-electron chi connectivity index (χ3n) is 2.37. The highest BCUT2D eigenvalue weighted by molar-refractivity contribution is 5.42. The van der Waals surface area contributed by atoms with Gasteiger partial charge in [0.1, 0.15) is 11.4 Å². The Bertz CT molecular complexity index is 329. The first kappa shape index (κ1) is 12.9. The highest BCUT2D eigenvalue weighted by atomic mass is 16.5. The molecular formula is C11H19N3O2. The summed E-state index contributed by atoms with van der Waals surface area (Å²) in [5.74, 6) is 0.362. The maximum Gasteiger partial charge on any atom is 0.129 e. The number of methoxy groups -OCH3 is 1. The molecule has 0 spiro atoms. The summed E-state index contributed by atoms with van der Waals surface area (Å²) in [6.45, 7) is 3.41. The first-order valence-electron chi connectivity index (χ1n) is 5.21. The van der Waals surface area contributed by atoms with E-state index in [0.717, 1.165) is 0 Å². The smallest absolute Gasteiger partial charge is 0.129 e. The molecule has 0 saturated heterocycles. The number of nitrogens with one attached hydrogen (secondary N) is 1. The molecule has 1 unspecified atom stereocenters. The molecule has 0 radical (unpaired) electrons. The first-order valence-corrected chi connectivity index (χ1v) is 5.21. The second-order valence-corrected chi connectivity index (χ2v) is 3.88. The Morgan fingerprint density at radius 1 is 1.62 bits per heavy atom. The standard InChI is InChI=1S/C11H19N3O2/c1-11(15,8-13-6-7-16-2)9-4-3-5-14-10(9)12/h3-5,13,15H,6-8H2,1-2H3,(H2,12,14). The summed E-state index contributed by atoms with van der Waals surface area (Å²) in [6.07, 6.45) is 1.60. The fourth-order valence-corrected chi connectivity index (χ4v) is 1.47. The number of aliphatic hydroxyl groups is 1. The molecule has 0 aromatic carbocycles. The molecule has 90 valence electrons. The number of hydrogen-bond acceptors (Lipinski definition) is 5. The Labute approximate surface area is 95.6 Å². The van der Waals surface area contributed by atoms with Crippen LogP contribution in [0, 0.1) is 0 Å². The second-order valence-electron chi connectivity index (χ2n) is 3.88. The van der Waals surface area contributed by atoms with Crippen molar-refractivity contribution in [1.82, 2.24) is 10.3 Å². The molecule has 0 amide bonds. The number of nitrogens with zero attached hydrogens (tertiary/aromatic N) is 1. The van der Waals surface area contributed by atoms with Crippen molar-refractivity contribution in [2.75, 3.05) is 32.5 Å². The van der Waals surface area contributed by atoms with Gasteiger partial charge in [0.05, 0.1) is 6.61 Å². The average Bonchev–Trinajstić information content (AvgIpc) is 2.25. The molecule has 4 N–H and O–H groups in total. The Morgan fingerprint density at radius 3 is 3.00 bits per heavy atom. The number of anilines is 1. The van der Waals surface area contributed by atoms with Crippen LogP contribution >= 0.6 is 0 Å². The molecule has 1 aromatic rings. The zero-order valence-electron chi connectivity index (χ0n) is 9.73. The van der Waals surface area contributed by atoms with Gasteiger partial charge in [-0.1, -0.05) is 6.07 Å². The summed E-state index contributed by atoms with van der Waals surface area (Å²) in [4.78, 5) is 3.96. The van der Waals surface area contributed by atoms with E-state index >= 15 is 0 Å². The van der Waals surface area contributed by atoms with Crippen molar-refractivity contribution in [3.8, 4) is 0 Å². The van der Waals surface area contributed by atoms with Gasteiger partial charge in [0.25, 0.3) is 0 Å². The molecule has 1 rings (SSSR count). The van der Waals surface area contributed by atoms with Crippen LogP contribution in [-0.4, -0.2) is 36.9 Å². The van der Waals surface area contributed by atoms with Gasteiger partial charge in [0.15, 0.2) is 0 Å². The number of ether oxygens (including phenoxy) is 1. The van der Waals surface area contributed by atoms with Gasteiger partial charge in [-0.05, 0) is 13.0 Å². The quantitative estimate of drug-likeness (QED) is 0.599. The van der Waals surface area contributed by atoms with Crippen LogP contribution in [-0.2, 0) is 10.3 Å². The fourth-order valence-electron chi connectivity index (χ4n) is 1.47. The minimum Gasteiger partial charge on any atom is -0.384 e. The molecule has 0 aliphatic rings. The van der Waals surface area contributed by atoms with Gasteiger partial charge in [-0.25, -0.2) is 4.98 Å². The van der Waals surface area contributed by atoms with E-state index in [9.17, 15) is 5.11 Å². The highest BCUT2D eigenvalue weighted by Gasteiger charge is 2.25. The van der Waals surface area contributed by atoms with Crippen LogP contribution < -0.4 is 11.1 Å². The van der Waals surface area contributed by atoms with E-state index in [1.807, 2.05) is 0 Å². The Kier molecular flexibility index (Phi) is 4.67. The molecular weight excluding hydrogens is 206 g/mol. The third kappa shape index (κ3) is 3.44. The predicted octanol–water partition coefficient (Wildman–Crippen LogP) is 0.107. The molecule has 0 fully saturated rings. The third-order valence-corrected chi connectivity index (χ3v) is 2.37. The average molecular weight is 225 g/mol. The van der Waals surface area contributed by atoms with E-state index in [1.165, 1.54) is 0 Å². The van der Waals surface area contributed by atoms with Crippen molar-refractivity contribution in [2.45, 2.75) is 12.5 Å². The lowest BCUT2D eigenvalue weighted by Crippen LogP contribution is -2.37. The number of pyridine rings is 1. The van der Waals surface area contributed by atoms with E-state index < -0.39 is 5.60 Å². The monoisotopic (exact) mass is 225 g/mol. The van der Waals surface area contributed by atoms with Gasteiger partial charge in [-0.15, -0.1) is 0 Å². The molecule has 1 aromatic heterocycles. The minimum atomic E-state index is -1.02. The lowest BCUT2D eigenvalue weighted by molar-refractivity contribution is 0.0555. The number of hydrogen-bond donors (Lipinski definition) is 3. The van der Waals surface area contributed by atoms with Gasteiger partial charge in [0.2, 0.25) is 0 Å². The van der Waals surface area contributed by atoms with Gasteiger partial charge < -0.3 is 20.9 Å². The SMILES string of the molecule is COCCNCC(C)(O)c1cccnc1N. The van der Waals surface area contributed by atoms with E-state index in [1.54, 1.807) is 32.4 Å². The van der Waals surface area contributed by atoms with Crippen molar-refractivity contribution in [3.05, 3.63) is 23.9 Å². The van der Waals surface area contributed by atoms with Crippen LogP contribution in [0.25, 0.3) is 0 Å². The molecule has 0 aliphatic carbocycles. The number of rotatable bonds is 6. The number of aromatic nitrogens is 1. The van der Waals surface area contributed by atoms with Crippen molar-refractivity contribution in [3.63, 3.8) is 0 Å². The molecule has 1 heterocycles. The van der Waals surface area contributed by atoms with Crippen LogP contribution in [0.2, 0.25) is 0 Å². The first-order chi connectivity index (χ1) is 7.58. The van der Waals surface area contributed by atoms with Gasteiger partial charge >= 0.3 is 0 Å². The number of nitrogens with two attached hydrogens (primary N) is 1. The van der Waals surface area contributed by atoms with Crippen LogP contribution in [0.4, 0.5) is 5.82 Å². The lowest BCUT2D eigenvalue weighted by atomic mass is 9.96. The lowest BCUT2D eigenvalue weighted by Gasteiger charge is -2.25. The maximum absolute atomic E-state index is 10.2. The predicted molar refractivity (Wildman–Crippen MR) is 63.0 cm³/mol. The molecule has 5 heteroatoms. The molecule has 16 heavy (non-hydrogen) atoms. The topological polar surface area (TPSA) is 80.4 Å². The Morgan fingerprint density at radius 2 is 2.38 bits per heavy atom. The highest BCUT2D eigenvalue weighted by Crippen LogP contribution is 2.23.